The van der Waals surface area contributed by atoms with Gasteiger partial charge in [-0.05, 0) is 48.9 Å². The monoisotopic (exact) mass is 267 g/mol. The van der Waals surface area contributed by atoms with Crippen molar-refractivity contribution in [3.8, 4) is 0 Å². The fraction of sp³-hybridized carbons (Fsp3) is 0.538. The Morgan fingerprint density at radius 2 is 2.13 bits per heavy atom. The molecule has 2 heteroatoms. The highest BCUT2D eigenvalue weighted by atomic mass is 79.9. The Labute approximate surface area is 100 Å². The number of halogens is 1. The van der Waals surface area contributed by atoms with Crippen LogP contribution >= 0.6 is 15.9 Å². The maximum absolute atomic E-state index is 6.19. The predicted molar refractivity (Wildman–Crippen MR) is 67.8 cm³/mol. The van der Waals surface area contributed by atoms with E-state index in [1.807, 2.05) is 0 Å². The average molecular weight is 268 g/mol. The molecule has 0 aliphatic heterocycles. The summed E-state index contributed by atoms with van der Waals surface area (Å²) in [7, 11) is 0. The first-order chi connectivity index (χ1) is 7.15. The highest BCUT2D eigenvalue weighted by Crippen LogP contribution is 2.35. The van der Waals surface area contributed by atoms with Gasteiger partial charge in [0.15, 0.2) is 0 Å². The fourth-order valence-electron chi connectivity index (χ4n) is 1.97. The Morgan fingerprint density at radius 3 is 2.73 bits per heavy atom. The van der Waals surface area contributed by atoms with E-state index in [0.717, 1.165) is 16.8 Å². The molecule has 0 heterocycles. The molecule has 1 fully saturated rings. The van der Waals surface area contributed by atoms with Gasteiger partial charge in [-0.2, -0.15) is 0 Å². The van der Waals surface area contributed by atoms with Crippen molar-refractivity contribution in [3.05, 3.63) is 33.8 Å². The molecule has 0 aromatic heterocycles. The lowest BCUT2D eigenvalue weighted by molar-refractivity contribution is 0.575. The minimum atomic E-state index is 0.210. The lowest BCUT2D eigenvalue weighted by atomic mass is 10.00. The molecule has 1 unspecified atom stereocenters. The largest absolute Gasteiger partial charge is 0.324 e. The molecule has 0 amide bonds. The van der Waals surface area contributed by atoms with Crippen molar-refractivity contribution >= 4 is 15.9 Å². The summed E-state index contributed by atoms with van der Waals surface area (Å²) in [4.78, 5) is 0. The fourth-order valence-corrected chi connectivity index (χ4v) is 2.59. The van der Waals surface area contributed by atoms with Gasteiger partial charge in [0.05, 0.1) is 0 Å². The lowest BCUT2D eigenvalue weighted by Crippen LogP contribution is -2.10. The van der Waals surface area contributed by atoms with Gasteiger partial charge in [-0.25, -0.2) is 0 Å². The summed E-state index contributed by atoms with van der Waals surface area (Å²) in [5.41, 5.74) is 8.73. The van der Waals surface area contributed by atoms with Gasteiger partial charge in [-0.3, -0.25) is 0 Å². The van der Waals surface area contributed by atoms with Crippen LogP contribution < -0.4 is 5.73 Å². The van der Waals surface area contributed by atoms with Crippen molar-refractivity contribution in [2.75, 3.05) is 0 Å². The molecule has 82 valence electrons. The lowest BCUT2D eigenvalue weighted by Gasteiger charge is -2.13. The van der Waals surface area contributed by atoms with Crippen LogP contribution in [0.1, 0.15) is 42.9 Å². The van der Waals surface area contributed by atoms with E-state index >= 15 is 0 Å². The Hall–Kier alpha value is -0.340. The first-order valence-corrected chi connectivity index (χ1v) is 6.47. The summed E-state index contributed by atoms with van der Waals surface area (Å²) >= 11 is 3.52. The van der Waals surface area contributed by atoms with Crippen LogP contribution in [0.15, 0.2) is 22.7 Å². The second kappa shape index (κ2) is 4.67. The second-order valence-corrected chi connectivity index (χ2v) is 5.60. The van der Waals surface area contributed by atoms with Gasteiger partial charge >= 0.3 is 0 Å². The Balaban J connectivity index is 1.99. The molecule has 2 N–H and O–H groups in total. The van der Waals surface area contributed by atoms with Gasteiger partial charge < -0.3 is 5.73 Å². The van der Waals surface area contributed by atoms with E-state index in [1.54, 1.807) is 0 Å². The summed E-state index contributed by atoms with van der Waals surface area (Å²) in [6, 6.07) is 6.67. The molecule has 1 aromatic rings. The van der Waals surface area contributed by atoms with Crippen LogP contribution in [0, 0.1) is 12.8 Å². The van der Waals surface area contributed by atoms with E-state index < -0.39 is 0 Å². The van der Waals surface area contributed by atoms with Crippen molar-refractivity contribution in [3.63, 3.8) is 0 Å². The van der Waals surface area contributed by atoms with Gasteiger partial charge in [0.1, 0.15) is 0 Å². The molecule has 0 saturated heterocycles. The minimum absolute atomic E-state index is 0.210. The SMILES string of the molecule is Cc1cc(Br)cc(C(N)CCC2CC2)c1. The predicted octanol–water partition coefficient (Wildman–Crippen LogP) is 3.95. The number of rotatable bonds is 4. The Kier molecular flexibility index (Phi) is 3.47. The van der Waals surface area contributed by atoms with Crippen LogP contribution in [0.3, 0.4) is 0 Å². The van der Waals surface area contributed by atoms with Crippen LogP contribution in [-0.2, 0) is 0 Å². The van der Waals surface area contributed by atoms with Crippen LogP contribution in [0.2, 0.25) is 0 Å². The smallest absolute Gasteiger partial charge is 0.0295 e. The van der Waals surface area contributed by atoms with Gasteiger partial charge in [0.25, 0.3) is 0 Å². The Bertz CT molecular complexity index is 324. The molecular formula is C13H18BrN. The normalized spacial score (nSPS) is 17.8. The van der Waals surface area contributed by atoms with E-state index in [9.17, 15) is 0 Å². The van der Waals surface area contributed by atoms with Crippen molar-refractivity contribution in [1.82, 2.24) is 0 Å². The van der Waals surface area contributed by atoms with E-state index in [-0.39, 0.29) is 6.04 Å². The molecule has 0 spiro atoms. The number of aryl methyl sites for hydroxylation is 1. The molecule has 1 aromatic carbocycles. The van der Waals surface area contributed by atoms with E-state index in [2.05, 4.69) is 41.1 Å². The zero-order valence-corrected chi connectivity index (χ0v) is 10.8. The highest BCUT2D eigenvalue weighted by Gasteiger charge is 2.22. The van der Waals surface area contributed by atoms with E-state index in [1.165, 1.54) is 30.4 Å². The van der Waals surface area contributed by atoms with E-state index in [0.29, 0.717) is 0 Å². The van der Waals surface area contributed by atoms with E-state index in [4.69, 9.17) is 5.73 Å². The van der Waals surface area contributed by atoms with Crippen LogP contribution in [0.25, 0.3) is 0 Å². The van der Waals surface area contributed by atoms with Crippen molar-refractivity contribution < 1.29 is 0 Å². The van der Waals surface area contributed by atoms with Crippen molar-refractivity contribution in [2.24, 2.45) is 11.7 Å². The molecule has 1 saturated carbocycles. The zero-order chi connectivity index (χ0) is 10.8. The Morgan fingerprint density at radius 1 is 1.40 bits per heavy atom. The average Bonchev–Trinajstić information content (AvgIpc) is 2.96. The summed E-state index contributed by atoms with van der Waals surface area (Å²) < 4.78 is 1.14. The van der Waals surface area contributed by atoms with Crippen LogP contribution in [0.5, 0.6) is 0 Å². The molecular weight excluding hydrogens is 250 g/mol. The third kappa shape index (κ3) is 3.32. The summed E-state index contributed by atoms with van der Waals surface area (Å²) in [5, 5.41) is 0. The molecule has 0 radical (unpaired) electrons. The highest BCUT2D eigenvalue weighted by molar-refractivity contribution is 9.10. The zero-order valence-electron chi connectivity index (χ0n) is 9.17. The minimum Gasteiger partial charge on any atom is -0.324 e. The molecule has 1 aliphatic carbocycles. The summed E-state index contributed by atoms with van der Waals surface area (Å²) in [5.74, 6) is 0.976. The molecule has 2 rings (SSSR count). The standard InChI is InChI=1S/C13H18BrN/c1-9-6-11(8-12(14)7-9)13(15)5-4-10-2-3-10/h6-8,10,13H,2-5,15H2,1H3. The third-order valence-electron chi connectivity index (χ3n) is 3.08. The number of nitrogens with two attached hydrogens (primary N) is 1. The van der Waals surface area contributed by atoms with Crippen LogP contribution in [0.4, 0.5) is 0 Å². The van der Waals surface area contributed by atoms with Gasteiger partial charge in [-0.15, -0.1) is 0 Å². The molecule has 1 aliphatic rings. The molecule has 1 nitrogen and oxygen atoms in total. The quantitative estimate of drug-likeness (QED) is 0.879. The van der Waals surface area contributed by atoms with Gasteiger partial charge in [0.2, 0.25) is 0 Å². The first-order valence-electron chi connectivity index (χ1n) is 5.68. The summed E-state index contributed by atoms with van der Waals surface area (Å²) in [6.45, 7) is 2.11. The number of hydrogen-bond donors (Lipinski definition) is 1. The second-order valence-electron chi connectivity index (χ2n) is 4.69. The molecule has 0 bridgehead atoms. The van der Waals surface area contributed by atoms with Crippen LogP contribution in [-0.4, -0.2) is 0 Å². The number of hydrogen-bond acceptors (Lipinski definition) is 1. The van der Waals surface area contributed by atoms with Gasteiger partial charge in [-0.1, -0.05) is 34.8 Å². The topological polar surface area (TPSA) is 26.0 Å². The third-order valence-corrected chi connectivity index (χ3v) is 3.53. The molecule has 15 heavy (non-hydrogen) atoms. The maximum Gasteiger partial charge on any atom is 0.0295 e. The maximum atomic E-state index is 6.19. The van der Waals surface area contributed by atoms with Crippen molar-refractivity contribution in [1.29, 1.82) is 0 Å². The number of benzene rings is 1. The van der Waals surface area contributed by atoms with Crippen molar-refractivity contribution in [2.45, 2.75) is 38.6 Å². The summed E-state index contributed by atoms with van der Waals surface area (Å²) in [6.07, 6.45) is 5.27. The first kappa shape index (κ1) is 11.2. The molecule has 1 atom stereocenters. The van der Waals surface area contributed by atoms with Gasteiger partial charge in [0, 0.05) is 10.5 Å².